The van der Waals surface area contributed by atoms with E-state index in [1.54, 1.807) is 0 Å². The van der Waals surface area contributed by atoms with E-state index in [0.717, 1.165) is 37.8 Å². The molecule has 3 rings (SSSR count). The van der Waals surface area contributed by atoms with Crippen molar-refractivity contribution < 1.29 is 22.8 Å². The van der Waals surface area contributed by atoms with Crippen molar-refractivity contribution in [2.24, 2.45) is 11.8 Å². The van der Waals surface area contributed by atoms with Crippen LogP contribution in [0.5, 0.6) is 0 Å². The van der Waals surface area contributed by atoms with Gasteiger partial charge in [-0.1, -0.05) is 6.92 Å². The second-order valence-electron chi connectivity index (χ2n) is 6.75. The van der Waals surface area contributed by atoms with Gasteiger partial charge in [-0.25, -0.2) is 13.2 Å². The summed E-state index contributed by atoms with van der Waals surface area (Å²) in [5, 5.41) is 2.26. The molecule has 1 heterocycles. The number of anilines is 1. The lowest BCUT2D eigenvalue weighted by molar-refractivity contribution is -0.137. The maximum Gasteiger partial charge on any atom is 0.228 e. The smallest absolute Gasteiger partial charge is 0.228 e. The van der Waals surface area contributed by atoms with E-state index >= 15 is 0 Å². The topological polar surface area (TPSA) is 49.4 Å². The molecule has 3 atom stereocenters. The molecule has 3 unspecified atom stereocenters. The lowest BCUT2D eigenvalue weighted by atomic mass is 9.99. The van der Waals surface area contributed by atoms with Gasteiger partial charge < -0.3 is 10.2 Å². The van der Waals surface area contributed by atoms with Gasteiger partial charge in [-0.3, -0.25) is 9.59 Å². The molecule has 1 aromatic carbocycles. The van der Waals surface area contributed by atoms with Crippen molar-refractivity contribution in [1.29, 1.82) is 0 Å². The summed E-state index contributed by atoms with van der Waals surface area (Å²) in [5.41, 5.74) is -0.411. The standard InChI is InChI=1S/C18H21F3N2O2/c1-2-10-5-3-4-8-23(10)18(25)12-9-11(12)17(24)22-14-7-6-13(19)15(20)16(14)21/h6-7,10-12H,2-5,8-9H2,1H3,(H,22,24). The molecule has 1 saturated heterocycles. The molecule has 2 fully saturated rings. The normalized spacial score (nSPS) is 25.6. The Balaban J connectivity index is 1.62. The van der Waals surface area contributed by atoms with Crippen molar-refractivity contribution >= 4 is 17.5 Å². The Labute approximate surface area is 144 Å². The summed E-state index contributed by atoms with van der Waals surface area (Å²) >= 11 is 0. The predicted octanol–water partition coefficient (Wildman–Crippen LogP) is 3.47. The molecule has 4 nitrogen and oxygen atoms in total. The highest BCUT2D eigenvalue weighted by Gasteiger charge is 2.50. The van der Waals surface area contributed by atoms with Crippen molar-refractivity contribution in [1.82, 2.24) is 4.90 Å². The Morgan fingerprint density at radius 2 is 1.92 bits per heavy atom. The number of hydrogen-bond donors (Lipinski definition) is 1. The molecule has 1 aliphatic carbocycles. The first-order valence-corrected chi connectivity index (χ1v) is 8.68. The first kappa shape index (κ1) is 17.8. The van der Waals surface area contributed by atoms with Crippen molar-refractivity contribution in [3.05, 3.63) is 29.6 Å². The van der Waals surface area contributed by atoms with Crippen LogP contribution >= 0.6 is 0 Å². The van der Waals surface area contributed by atoms with Gasteiger partial charge in [0.1, 0.15) is 0 Å². The van der Waals surface area contributed by atoms with Crippen molar-refractivity contribution in [2.75, 3.05) is 11.9 Å². The second kappa shape index (κ2) is 7.06. The van der Waals surface area contributed by atoms with Crippen molar-refractivity contribution in [3.8, 4) is 0 Å². The summed E-state index contributed by atoms with van der Waals surface area (Å²) < 4.78 is 39.8. The number of carbonyl (C=O) groups is 2. The van der Waals surface area contributed by atoms with E-state index in [0.29, 0.717) is 13.0 Å². The van der Waals surface area contributed by atoms with Gasteiger partial charge in [0.25, 0.3) is 0 Å². The molecule has 0 spiro atoms. The van der Waals surface area contributed by atoms with Crippen molar-refractivity contribution in [3.63, 3.8) is 0 Å². The maximum atomic E-state index is 13.6. The Hall–Kier alpha value is -2.05. The number of likely N-dealkylation sites (tertiary alicyclic amines) is 1. The number of nitrogens with one attached hydrogen (secondary N) is 1. The molecule has 1 aliphatic heterocycles. The average molecular weight is 354 g/mol. The zero-order valence-corrected chi connectivity index (χ0v) is 14.0. The molecule has 0 aromatic heterocycles. The quantitative estimate of drug-likeness (QED) is 0.842. The summed E-state index contributed by atoms with van der Waals surface area (Å²) in [7, 11) is 0. The predicted molar refractivity (Wildman–Crippen MR) is 86.2 cm³/mol. The lowest BCUT2D eigenvalue weighted by Gasteiger charge is -2.35. The summed E-state index contributed by atoms with van der Waals surface area (Å²) in [4.78, 5) is 26.7. The van der Waals surface area contributed by atoms with Gasteiger partial charge in [-0.15, -0.1) is 0 Å². The molecular weight excluding hydrogens is 333 g/mol. The molecule has 1 N–H and O–H groups in total. The first-order valence-electron chi connectivity index (χ1n) is 8.68. The van der Waals surface area contributed by atoms with E-state index in [-0.39, 0.29) is 11.9 Å². The Morgan fingerprint density at radius 1 is 1.16 bits per heavy atom. The highest BCUT2D eigenvalue weighted by atomic mass is 19.2. The van der Waals surface area contributed by atoms with Crippen LogP contribution in [0.1, 0.15) is 39.0 Å². The number of rotatable bonds is 4. The molecule has 2 aliphatic rings. The Morgan fingerprint density at radius 3 is 2.64 bits per heavy atom. The third-order valence-electron chi connectivity index (χ3n) is 5.12. The SMILES string of the molecule is CCC1CCCCN1C(=O)C1CC1C(=O)Nc1ccc(F)c(F)c1F. The molecule has 136 valence electrons. The van der Waals surface area contributed by atoms with Gasteiger partial charge in [0.15, 0.2) is 17.5 Å². The minimum Gasteiger partial charge on any atom is -0.339 e. The van der Waals surface area contributed by atoms with Crippen LogP contribution in [0, 0.1) is 29.3 Å². The van der Waals surface area contributed by atoms with E-state index in [9.17, 15) is 22.8 Å². The second-order valence-corrected chi connectivity index (χ2v) is 6.75. The molecule has 25 heavy (non-hydrogen) atoms. The third-order valence-corrected chi connectivity index (χ3v) is 5.12. The van der Waals surface area contributed by atoms with Gasteiger partial charge >= 0.3 is 0 Å². The fourth-order valence-corrected chi connectivity index (χ4v) is 3.53. The number of nitrogens with zero attached hydrogens (tertiary/aromatic N) is 1. The zero-order chi connectivity index (χ0) is 18.1. The lowest BCUT2D eigenvalue weighted by Crippen LogP contribution is -2.44. The van der Waals surface area contributed by atoms with Crippen LogP contribution in [0.25, 0.3) is 0 Å². The Bertz CT molecular complexity index is 695. The fourth-order valence-electron chi connectivity index (χ4n) is 3.53. The summed E-state index contributed by atoms with van der Waals surface area (Å²) in [6, 6.07) is 1.94. The largest absolute Gasteiger partial charge is 0.339 e. The summed E-state index contributed by atoms with van der Waals surface area (Å²) in [6.45, 7) is 2.75. The average Bonchev–Trinajstić information content (AvgIpc) is 3.42. The molecule has 1 saturated carbocycles. The molecular formula is C18H21F3N2O2. The van der Waals surface area contributed by atoms with Crippen LogP contribution in [-0.2, 0) is 9.59 Å². The number of hydrogen-bond acceptors (Lipinski definition) is 2. The molecule has 0 bridgehead atoms. The van der Waals surface area contributed by atoms with Crippen LogP contribution in [0.4, 0.5) is 18.9 Å². The number of halogens is 3. The number of piperidine rings is 1. The number of benzene rings is 1. The number of carbonyl (C=O) groups excluding carboxylic acids is 2. The van der Waals surface area contributed by atoms with Gasteiger partial charge in [0.05, 0.1) is 17.5 Å². The van der Waals surface area contributed by atoms with Crippen LogP contribution in [0.15, 0.2) is 12.1 Å². The van der Waals surface area contributed by atoms with E-state index < -0.39 is 40.9 Å². The molecule has 2 amide bonds. The van der Waals surface area contributed by atoms with Crippen LogP contribution < -0.4 is 5.32 Å². The van der Waals surface area contributed by atoms with E-state index in [1.807, 2.05) is 11.8 Å². The summed E-state index contributed by atoms with van der Waals surface area (Å²) in [5.74, 6) is -5.88. The minimum absolute atomic E-state index is 0.0301. The van der Waals surface area contributed by atoms with Crippen molar-refractivity contribution in [2.45, 2.75) is 45.1 Å². The third kappa shape index (κ3) is 3.50. The zero-order valence-electron chi connectivity index (χ0n) is 14.0. The Kier molecular flexibility index (Phi) is 5.01. The first-order chi connectivity index (χ1) is 11.9. The van der Waals surface area contributed by atoms with E-state index in [2.05, 4.69) is 5.32 Å². The summed E-state index contributed by atoms with van der Waals surface area (Å²) in [6.07, 6.45) is 4.34. The van der Waals surface area contributed by atoms with E-state index in [1.165, 1.54) is 0 Å². The van der Waals surface area contributed by atoms with Gasteiger partial charge in [-0.2, -0.15) is 0 Å². The highest BCUT2D eigenvalue weighted by molar-refractivity contribution is 5.99. The fraction of sp³-hybridized carbons (Fsp3) is 0.556. The molecule has 0 radical (unpaired) electrons. The molecule has 7 heteroatoms. The monoisotopic (exact) mass is 354 g/mol. The maximum absolute atomic E-state index is 13.6. The van der Waals surface area contributed by atoms with Crippen LogP contribution in [0.3, 0.4) is 0 Å². The number of amides is 2. The van der Waals surface area contributed by atoms with Gasteiger partial charge in [0, 0.05) is 12.6 Å². The van der Waals surface area contributed by atoms with Crippen LogP contribution in [-0.4, -0.2) is 29.3 Å². The van der Waals surface area contributed by atoms with Gasteiger partial charge in [0.2, 0.25) is 11.8 Å². The minimum atomic E-state index is -1.62. The van der Waals surface area contributed by atoms with Crippen LogP contribution in [0.2, 0.25) is 0 Å². The molecule has 1 aromatic rings. The van der Waals surface area contributed by atoms with Gasteiger partial charge in [-0.05, 0) is 44.2 Å². The van der Waals surface area contributed by atoms with E-state index in [4.69, 9.17) is 0 Å². The highest BCUT2D eigenvalue weighted by Crippen LogP contribution is 2.42.